The first kappa shape index (κ1) is 7.39. The highest BCUT2D eigenvalue weighted by molar-refractivity contribution is 5.05. The standard InChI is InChI=1S/C9H14O/c1-7(2)6-9-5-4-8(3)10-9/h4-5,7H,6H2,1-3H3. The monoisotopic (exact) mass is 138 g/mol. The third kappa shape index (κ3) is 1.90. The first-order chi connectivity index (χ1) is 4.68. The minimum Gasteiger partial charge on any atom is -0.466 e. The molecular weight excluding hydrogens is 124 g/mol. The summed E-state index contributed by atoms with van der Waals surface area (Å²) in [6.07, 6.45) is 1.05. The van der Waals surface area contributed by atoms with Crippen molar-refractivity contribution in [3.8, 4) is 0 Å². The minimum absolute atomic E-state index is 0.686. The largest absolute Gasteiger partial charge is 0.466 e. The predicted octanol–water partition coefficient (Wildman–Crippen LogP) is 2.79. The van der Waals surface area contributed by atoms with E-state index >= 15 is 0 Å². The second-order valence-electron chi connectivity index (χ2n) is 3.11. The van der Waals surface area contributed by atoms with Gasteiger partial charge in [0.1, 0.15) is 11.5 Å². The van der Waals surface area contributed by atoms with Crippen LogP contribution in [0, 0.1) is 12.8 Å². The minimum atomic E-state index is 0.686. The first-order valence-electron chi connectivity index (χ1n) is 3.74. The lowest BCUT2D eigenvalue weighted by Crippen LogP contribution is -1.90. The Bertz CT molecular complexity index is 198. The molecule has 0 aliphatic carbocycles. The van der Waals surface area contributed by atoms with Crippen LogP contribution < -0.4 is 0 Å². The van der Waals surface area contributed by atoms with E-state index in [-0.39, 0.29) is 0 Å². The third-order valence-electron chi connectivity index (χ3n) is 1.41. The highest BCUT2D eigenvalue weighted by Crippen LogP contribution is 2.10. The first-order valence-corrected chi connectivity index (χ1v) is 3.74. The summed E-state index contributed by atoms with van der Waals surface area (Å²) < 4.78 is 5.39. The highest BCUT2D eigenvalue weighted by atomic mass is 16.3. The van der Waals surface area contributed by atoms with Gasteiger partial charge in [-0.25, -0.2) is 0 Å². The quantitative estimate of drug-likeness (QED) is 0.612. The topological polar surface area (TPSA) is 13.1 Å². The van der Waals surface area contributed by atoms with E-state index < -0.39 is 0 Å². The van der Waals surface area contributed by atoms with Crippen LogP contribution in [0.3, 0.4) is 0 Å². The molecule has 1 heteroatoms. The van der Waals surface area contributed by atoms with Crippen LogP contribution >= 0.6 is 0 Å². The SMILES string of the molecule is Cc1ccc(CC(C)C)o1. The molecule has 1 aromatic rings. The number of furan rings is 1. The molecule has 0 amide bonds. The molecule has 0 radical (unpaired) electrons. The van der Waals surface area contributed by atoms with Gasteiger partial charge in [-0.15, -0.1) is 0 Å². The molecule has 0 aromatic carbocycles. The fourth-order valence-electron chi connectivity index (χ4n) is 0.997. The maximum absolute atomic E-state index is 5.39. The number of hydrogen-bond donors (Lipinski definition) is 0. The van der Waals surface area contributed by atoms with Gasteiger partial charge in [0.15, 0.2) is 0 Å². The van der Waals surface area contributed by atoms with Crippen LogP contribution in [0.1, 0.15) is 25.4 Å². The van der Waals surface area contributed by atoms with Crippen molar-refractivity contribution in [3.63, 3.8) is 0 Å². The molecular formula is C9H14O. The van der Waals surface area contributed by atoms with E-state index in [4.69, 9.17) is 4.42 Å². The van der Waals surface area contributed by atoms with E-state index in [1.165, 1.54) is 0 Å². The average molecular weight is 138 g/mol. The van der Waals surface area contributed by atoms with E-state index in [9.17, 15) is 0 Å². The Labute approximate surface area is 62.1 Å². The summed E-state index contributed by atoms with van der Waals surface area (Å²) in [5.74, 6) is 2.80. The summed E-state index contributed by atoms with van der Waals surface area (Å²) in [6, 6.07) is 4.06. The second kappa shape index (κ2) is 2.91. The zero-order valence-corrected chi connectivity index (χ0v) is 6.85. The Hall–Kier alpha value is -0.720. The van der Waals surface area contributed by atoms with Crippen LogP contribution in [-0.2, 0) is 6.42 Å². The van der Waals surface area contributed by atoms with Crippen LogP contribution in [0.2, 0.25) is 0 Å². The lowest BCUT2D eigenvalue weighted by Gasteiger charge is -1.98. The van der Waals surface area contributed by atoms with Gasteiger partial charge in [-0.3, -0.25) is 0 Å². The molecule has 0 aliphatic rings. The van der Waals surface area contributed by atoms with Crippen LogP contribution in [-0.4, -0.2) is 0 Å². The van der Waals surface area contributed by atoms with Crippen molar-refractivity contribution in [2.24, 2.45) is 5.92 Å². The molecule has 0 spiro atoms. The lowest BCUT2D eigenvalue weighted by atomic mass is 10.1. The molecule has 10 heavy (non-hydrogen) atoms. The Morgan fingerprint density at radius 2 is 2.10 bits per heavy atom. The summed E-state index contributed by atoms with van der Waals surface area (Å²) in [4.78, 5) is 0. The summed E-state index contributed by atoms with van der Waals surface area (Å²) in [6.45, 7) is 6.36. The fraction of sp³-hybridized carbons (Fsp3) is 0.556. The van der Waals surface area contributed by atoms with E-state index in [0.717, 1.165) is 17.9 Å². The van der Waals surface area contributed by atoms with E-state index in [1.54, 1.807) is 0 Å². The molecule has 0 saturated heterocycles. The smallest absolute Gasteiger partial charge is 0.104 e. The van der Waals surface area contributed by atoms with Crippen molar-refractivity contribution in [3.05, 3.63) is 23.7 Å². The molecule has 1 aromatic heterocycles. The van der Waals surface area contributed by atoms with Crippen LogP contribution in [0.4, 0.5) is 0 Å². The lowest BCUT2D eigenvalue weighted by molar-refractivity contribution is 0.453. The van der Waals surface area contributed by atoms with Crippen molar-refractivity contribution in [2.45, 2.75) is 27.2 Å². The van der Waals surface area contributed by atoms with E-state index in [1.807, 2.05) is 13.0 Å². The molecule has 0 N–H and O–H groups in total. The van der Waals surface area contributed by atoms with Crippen molar-refractivity contribution in [1.29, 1.82) is 0 Å². The molecule has 1 heterocycles. The highest BCUT2D eigenvalue weighted by Gasteiger charge is 2.00. The van der Waals surface area contributed by atoms with Crippen molar-refractivity contribution >= 4 is 0 Å². The third-order valence-corrected chi connectivity index (χ3v) is 1.41. The summed E-state index contributed by atoms with van der Waals surface area (Å²) >= 11 is 0. The van der Waals surface area contributed by atoms with Crippen molar-refractivity contribution < 1.29 is 4.42 Å². The average Bonchev–Trinajstić information content (AvgIpc) is 2.13. The second-order valence-corrected chi connectivity index (χ2v) is 3.11. The fourth-order valence-corrected chi connectivity index (χ4v) is 0.997. The summed E-state index contributed by atoms with van der Waals surface area (Å²) in [5.41, 5.74) is 0. The van der Waals surface area contributed by atoms with Gasteiger partial charge in [-0.1, -0.05) is 13.8 Å². The van der Waals surface area contributed by atoms with Gasteiger partial charge in [-0.05, 0) is 25.0 Å². The Morgan fingerprint density at radius 3 is 2.50 bits per heavy atom. The molecule has 56 valence electrons. The van der Waals surface area contributed by atoms with Gasteiger partial charge in [0.2, 0.25) is 0 Å². The summed E-state index contributed by atoms with van der Waals surface area (Å²) in [5, 5.41) is 0. The van der Waals surface area contributed by atoms with Crippen LogP contribution in [0.5, 0.6) is 0 Å². The number of rotatable bonds is 2. The molecule has 0 aliphatic heterocycles. The van der Waals surface area contributed by atoms with Crippen molar-refractivity contribution in [1.82, 2.24) is 0 Å². The van der Waals surface area contributed by atoms with Crippen molar-refractivity contribution in [2.75, 3.05) is 0 Å². The Kier molecular flexibility index (Phi) is 2.15. The van der Waals surface area contributed by atoms with Gasteiger partial charge < -0.3 is 4.42 Å². The Morgan fingerprint density at radius 1 is 1.40 bits per heavy atom. The van der Waals surface area contributed by atoms with E-state index in [0.29, 0.717) is 5.92 Å². The number of aryl methyl sites for hydroxylation is 1. The maximum Gasteiger partial charge on any atom is 0.104 e. The molecule has 1 nitrogen and oxygen atoms in total. The van der Waals surface area contributed by atoms with Crippen LogP contribution in [0.25, 0.3) is 0 Å². The maximum atomic E-state index is 5.39. The van der Waals surface area contributed by atoms with E-state index in [2.05, 4.69) is 19.9 Å². The summed E-state index contributed by atoms with van der Waals surface area (Å²) in [7, 11) is 0. The van der Waals surface area contributed by atoms with Gasteiger partial charge in [0, 0.05) is 6.42 Å². The zero-order valence-electron chi connectivity index (χ0n) is 6.85. The normalized spacial score (nSPS) is 10.8. The molecule has 1 rings (SSSR count). The molecule has 0 bridgehead atoms. The Balaban J connectivity index is 2.58. The van der Waals surface area contributed by atoms with Gasteiger partial charge in [0.25, 0.3) is 0 Å². The molecule has 0 saturated carbocycles. The number of hydrogen-bond acceptors (Lipinski definition) is 1. The molecule has 0 atom stereocenters. The van der Waals surface area contributed by atoms with Gasteiger partial charge in [0.05, 0.1) is 0 Å². The van der Waals surface area contributed by atoms with Gasteiger partial charge in [-0.2, -0.15) is 0 Å². The van der Waals surface area contributed by atoms with Crippen LogP contribution in [0.15, 0.2) is 16.5 Å². The predicted molar refractivity (Wildman–Crippen MR) is 42.0 cm³/mol. The molecule has 0 fully saturated rings. The molecule has 0 unspecified atom stereocenters. The zero-order chi connectivity index (χ0) is 7.56. The van der Waals surface area contributed by atoms with Gasteiger partial charge >= 0.3 is 0 Å².